The monoisotopic (exact) mass is 346 g/mol. The molecule has 1 atom stereocenters. The third kappa shape index (κ3) is 2.92. The maximum atomic E-state index is 12.3. The molecule has 0 aliphatic heterocycles. The van der Waals surface area contributed by atoms with Gasteiger partial charge in [0.15, 0.2) is 5.78 Å². The molecule has 0 radical (unpaired) electrons. The number of benzene rings is 1. The van der Waals surface area contributed by atoms with E-state index < -0.39 is 0 Å². The minimum absolute atomic E-state index is 0.0138. The Balaban J connectivity index is 1.57. The Morgan fingerprint density at radius 2 is 2.12 bits per heavy atom. The number of ketones is 1. The Labute approximate surface area is 151 Å². The molecule has 0 saturated heterocycles. The molecule has 4 rings (SSSR count). The van der Waals surface area contributed by atoms with Crippen LogP contribution in [0.2, 0.25) is 0 Å². The normalized spacial score (nSPS) is 18.1. The molecule has 26 heavy (non-hydrogen) atoms. The Hall–Kier alpha value is -3.21. The Morgan fingerprint density at radius 3 is 2.96 bits per heavy atom. The number of aliphatic hydroxyl groups excluding tert-OH is 1. The van der Waals surface area contributed by atoms with E-state index in [1.807, 2.05) is 43.3 Å². The van der Waals surface area contributed by atoms with Crippen LogP contribution in [0.15, 0.2) is 54.9 Å². The fraction of sp³-hybridized carbons (Fsp3) is 0.190. The van der Waals surface area contributed by atoms with E-state index in [9.17, 15) is 9.90 Å². The van der Waals surface area contributed by atoms with Gasteiger partial charge in [-0.05, 0) is 24.1 Å². The molecule has 0 saturated carbocycles. The molecule has 1 aliphatic rings. The maximum Gasteiger partial charge on any atom is 0.165 e. The zero-order chi connectivity index (χ0) is 18.1. The molecule has 0 fully saturated rings. The first-order valence-electron chi connectivity index (χ1n) is 8.51. The van der Waals surface area contributed by atoms with Crippen molar-refractivity contribution < 1.29 is 14.6 Å². The van der Waals surface area contributed by atoms with Crippen LogP contribution in [-0.2, 0) is 6.61 Å². The van der Waals surface area contributed by atoms with E-state index in [2.05, 4.69) is 9.97 Å². The number of rotatable bonds is 3. The summed E-state index contributed by atoms with van der Waals surface area (Å²) < 4.78 is 5.79. The topological polar surface area (TPSA) is 72.3 Å². The van der Waals surface area contributed by atoms with Crippen molar-refractivity contribution in [1.29, 1.82) is 0 Å². The predicted octanol–water partition coefficient (Wildman–Crippen LogP) is 4.33. The van der Waals surface area contributed by atoms with Crippen molar-refractivity contribution in [3.05, 3.63) is 71.9 Å². The minimum Gasteiger partial charge on any atom is -0.515 e. The van der Waals surface area contributed by atoms with Gasteiger partial charge in [0.2, 0.25) is 0 Å². The van der Waals surface area contributed by atoms with Gasteiger partial charge in [0.05, 0.1) is 29.4 Å². The lowest BCUT2D eigenvalue weighted by Gasteiger charge is -2.22. The number of Topliss-reactive ketones (excluding diaryl/α,β-unsaturated/α-hetero) is 1. The van der Waals surface area contributed by atoms with Gasteiger partial charge in [-0.25, -0.2) is 4.98 Å². The fourth-order valence-corrected chi connectivity index (χ4v) is 3.23. The summed E-state index contributed by atoms with van der Waals surface area (Å²) >= 11 is 0. The third-order valence-electron chi connectivity index (χ3n) is 4.64. The fourth-order valence-electron chi connectivity index (χ4n) is 3.23. The first kappa shape index (κ1) is 16.3. The van der Waals surface area contributed by atoms with Gasteiger partial charge in [0.25, 0.3) is 0 Å². The highest BCUT2D eigenvalue weighted by Gasteiger charge is 2.28. The largest absolute Gasteiger partial charge is 0.515 e. The highest BCUT2D eigenvalue weighted by Crippen LogP contribution is 2.35. The molecular formula is C21H18N2O3. The summed E-state index contributed by atoms with van der Waals surface area (Å²) in [6, 6.07) is 13.5. The summed E-state index contributed by atoms with van der Waals surface area (Å²) in [5.74, 6) is 0.486. The molecule has 130 valence electrons. The number of ether oxygens (including phenoxy) is 1. The van der Waals surface area contributed by atoms with E-state index >= 15 is 0 Å². The zero-order valence-corrected chi connectivity index (χ0v) is 14.3. The number of pyridine rings is 2. The quantitative estimate of drug-likeness (QED) is 0.715. The number of allylic oxidation sites excluding steroid dienone is 1. The van der Waals surface area contributed by atoms with Crippen molar-refractivity contribution >= 4 is 22.3 Å². The predicted molar refractivity (Wildman–Crippen MR) is 99.0 cm³/mol. The number of aromatic nitrogens is 2. The van der Waals surface area contributed by atoms with Crippen LogP contribution in [0.1, 0.15) is 35.1 Å². The summed E-state index contributed by atoms with van der Waals surface area (Å²) in [6.45, 7) is 2.19. The molecule has 1 aromatic carbocycles. The molecule has 1 unspecified atom stereocenters. The number of para-hydroxylation sites is 1. The number of aliphatic hydroxyl groups is 1. The molecule has 0 spiro atoms. The van der Waals surface area contributed by atoms with Crippen LogP contribution in [0.5, 0.6) is 5.75 Å². The number of nitrogens with zero attached hydrogens (tertiary/aromatic N) is 2. The molecule has 2 heterocycles. The second kappa shape index (κ2) is 6.59. The summed E-state index contributed by atoms with van der Waals surface area (Å²) in [4.78, 5) is 21.2. The van der Waals surface area contributed by atoms with Crippen molar-refractivity contribution in [3.63, 3.8) is 0 Å². The molecule has 5 nitrogen and oxygen atoms in total. The van der Waals surface area contributed by atoms with E-state index in [4.69, 9.17) is 4.74 Å². The van der Waals surface area contributed by atoms with Crippen LogP contribution < -0.4 is 4.74 Å². The minimum atomic E-state index is -0.0407. The van der Waals surface area contributed by atoms with Crippen molar-refractivity contribution in [2.75, 3.05) is 0 Å². The van der Waals surface area contributed by atoms with E-state index in [0.29, 0.717) is 35.6 Å². The Bertz CT molecular complexity index is 1030. The second-order valence-corrected chi connectivity index (χ2v) is 6.46. The van der Waals surface area contributed by atoms with Crippen molar-refractivity contribution in [1.82, 2.24) is 9.97 Å². The first-order valence-corrected chi connectivity index (χ1v) is 8.51. The van der Waals surface area contributed by atoms with Gasteiger partial charge >= 0.3 is 0 Å². The lowest BCUT2D eigenvalue weighted by molar-refractivity contribution is 0.0966. The lowest BCUT2D eigenvalue weighted by Crippen LogP contribution is -2.18. The van der Waals surface area contributed by atoms with Crippen LogP contribution in [0.25, 0.3) is 16.5 Å². The van der Waals surface area contributed by atoms with Crippen molar-refractivity contribution in [2.24, 2.45) is 5.92 Å². The lowest BCUT2D eigenvalue weighted by atomic mass is 9.83. The van der Waals surface area contributed by atoms with Gasteiger partial charge in [-0.15, -0.1) is 0 Å². The Morgan fingerprint density at radius 1 is 1.27 bits per heavy atom. The smallest absolute Gasteiger partial charge is 0.165 e. The molecule has 0 bridgehead atoms. The summed E-state index contributed by atoms with van der Waals surface area (Å²) in [6.07, 6.45) is 2.98. The van der Waals surface area contributed by atoms with Crippen LogP contribution in [-0.4, -0.2) is 20.9 Å². The number of carbonyl (C=O) groups excluding carboxylic acids is 1. The number of carbonyl (C=O) groups is 1. The van der Waals surface area contributed by atoms with Gasteiger partial charge in [0, 0.05) is 22.9 Å². The zero-order valence-electron chi connectivity index (χ0n) is 14.3. The maximum absolute atomic E-state index is 12.3. The van der Waals surface area contributed by atoms with Crippen LogP contribution >= 0.6 is 0 Å². The third-order valence-corrected chi connectivity index (χ3v) is 4.64. The average Bonchev–Trinajstić information content (AvgIpc) is 2.66. The highest BCUT2D eigenvalue weighted by atomic mass is 16.5. The number of hydrogen-bond acceptors (Lipinski definition) is 5. The van der Waals surface area contributed by atoms with Crippen LogP contribution in [0.4, 0.5) is 0 Å². The summed E-state index contributed by atoms with van der Waals surface area (Å²) in [5.41, 5.74) is 3.43. The standard InChI is InChI=1S/C21H18N2O3/c1-13-8-20(25)17-9-16(10-22-21(17)18(13)11-24)26-12-15-7-6-14-4-2-3-5-19(14)23-15/h2-7,9-11,13,24H,8,12H2,1H3. The van der Waals surface area contributed by atoms with E-state index in [1.54, 1.807) is 12.3 Å². The van der Waals surface area contributed by atoms with Gasteiger partial charge in [0.1, 0.15) is 12.4 Å². The molecular weight excluding hydrogens is 328 g/mol. The van der Waals surface area contributed by atoms with Crippen LogP contribution in [0, 0.1) is 5.92 Å². The van der Waals surface area contributed by atoms with E-state index in [-0.39, 0.29) is 11.7 Å². The molecule has 3 aromatic rings. The van der Waals surface area contributed by atoms with Gasteiger partial charge in [-0.1, -0.05) is 31.2 Å². The van der Waals surface area contributed by atoms with Gasteiger partial charge in [-0.2, -0.15) is 0 Å². The molecule has 1 aliphatic carbocycles. The first-order chi connectivity index (χ1) is 12.7. The SMILES string of the molecule is CC1CC(=O)c2cc(OCc3ccc4ccccc4n3)cnc2C1=CO. The molecule has 0 amide bonds. The summed E-state index contributed by atoms with van der Waals surface area (Å²) in [5, 5.41) is 10.5. The van der Waals surface area contributed by atoms with E-state index in [1.165, 1.54) is 0 Å². The second-order valence-electron chi connectivity index (χ2n) is 6.46. The van der Waals surface area contributed by atoms with Gasteiger partial charge < -0.3 is 9.84 Å². The van der Waals surface area contributed by atoms with E-state index in [0.717, 1.165) is 22.9 Å². The molecule has 5 heteroatoms. The summed E-state index contributed by atoms with van der Waals surface area (Å²) in [7, 11) is 0. The molecule has 2 aromatic heterocycles. The van der Waals surface area contributed by atoms with Crippen molar-refractivity contribution in [2.45, 2.75) is 20.0 Å². The number of fused-ring (bicyclic) bond motifs is 2. The van der Waals surface area contributed by atoms with Crippen molar-refractivity contribution in [3.8, 4) is 5.75 Å². The number of hydrogen-bond donors (Lipinski definition) is 1. The molecule has 1 N–H and O–H groups in total. The van der Waals surface area contributed by atoms with Crippen LogP contribution in [0.3, 0.4) is 0 Å². The highest BCUT2D eigenvalue weighted by molar-refractivity contribution is 6.04. The Kier molecular flexibility index (Phi) is 4.13. The average molecular weight is 346 g/mol. The van der Waals surface area contributed by atoms with Gasteiger partial charge in [-0.3, -0.25) is 9.78 Å².